The van der Waals surface area contributed by atoms with Gasteiger partial charge < -0.3 is 10.2 Å². The van der Waals surface area contributed by atoms with Crippen molar-refractivity contribution < 1.29 is 9.59 Å². The van der Waals surface area contributed by atoms with Gasteiger partial charge in [0.1, 0.15) is 6.04 Å². The highest BCUT2D eigenvalue weighted by Crippen LogP contribution is 2.30. The summed E-state index contributed by atoms with van der Waals surface area (Å²) in [5.74, 6) is -0.297. The maximum Gasteiger partial charge on any atom is 0.243 e. The van der Waals surface area contributed by atoms with E-state index in [1.54, 1.807) is 4.90 Å². The third-order valence-corrected chi connectivity index (χ3v) is 7.40. The van der Waals surface area contributed by atoms with E-state index in [9.17, 15) is 9.59 Å². The highest BCUT2D eigenvalue weighted by Gasteiger charge is 2.32. The van der Waals surface area contributed by atoms with Gasteiger partial charge in [-0.2, -0.15) is 0 Å². The molecule has 200 valence electrons. The molecule has 0 aliphatic carbocycles. The van der Waals surface area contributed by atoms with Crippen LogP contribution in [-0.4, -0.2) is 29.3 Å². The Morgan fingerprint density at radius 3 is 1.82 bits per heavy atom. The smallest absolute Gasteiger partial charge is 0.243 e. The lowest BCUT2D eigenvalue weighted by Gasteiger charge is -2.33. The first kappa shape index (κ1) is 28.3. The maximum absolute atomic E-state index is 14.3. The van der Waals surface area contributed by atoms with Gasteiger partial charge in [0, 0.05) is 36.3 Å². The number of amides is 2. The van der Waals surface area contributed by atoms with E-state index in [1.165, 1.54) is 0 Å². The molecule has 5 heteroatoms. The molecule has 0 bridgehead atoms. The lowest BCUT2D eigenvalue weighted by atomic mass is 9.87. The Hall–Kier alpha value is -3.70. The second-order valence-corrected chi connectivity index (χ2v) is 10.6. The van der Waals surface area contributed by atoms with E-state index < -0.39 is 6.04 Å². The molecule has 0 saturated heterocycles. The van der Waals surface area contributed by atoms with E-state index in [0.717, 1.165) is 33.1 Å². The zero-order valence-corrected chi connectivity index (χ0v) is 23.9. The van der Waals surface area contributed by atoms with Crippen molar-refractivity contribution in [1.29, 1.82) is 0 Å². The number of benzene rings is 4. The molecule has 4 nitrogen and oxygen atoms in total. The Kier molecular flexibility index (Phi) is 10.5. The number of nitrogens with zero attached hydrogens (tertiary/aromatic N) is 1. The minimum absolute atomic E-state index is 0.0526. The molecule has 0 aliphatic rings. The first-order valence-electron chi connectivity index (χ1n) is 13.5. The van der Waals surface area contributed by atoms with Crippen LogP contribution in [0.25, 0.3) is 0 Å². The Morgan fingerprint density at radius 2 is 1.28 bits per heavy atom. The first-order valence-corrected chi connectivity index (χ1v) is 14.3. The average molecular weight is 584 g/mol. The number of hydrogen-bond donors (Lipinski definition) is 1. The van der Waals surface area contributed by atoms with Gasteiger partial charge in [-0.25, -0.2) is 0 Å². The first-order chi connectivity index (χ1) is 19.0. The SMILES string of the molecule is CCCNC(=O)C(Cc1ccccc1)N(Cc1ccc(Br)cc1)C(=O)CC(c1ccccc1)c1ccccc1. The Balaban J connectivity index is 1.71. The lowest BCUT2D eigenvalue weighted by molar-refractivity contribution is -0.141. The minimum atomic E-state index is -0.637. The standard InChI is InChI=1S/C34H35BrN2O2/c1-2-22-36-34(39)32(23-26-12-6-3-7-13-26)37(25-27-18-20-30(35)21-19-27)33(38)24-31(28-14-8-4-9-15-28)29-16-10-5-11-17-29/h3-21,31-32H,2,22-25H2,1H3,(H,36,39). The third kappa shape index (κ3) is 8.14. The molecule has 1 atom stereocenters. The van der Waals surface area contributed by atoms with Crippen molar-refractivity contribution >= 4 is 27.7 Å². The van der Waals surface area contributed by atoms with Crippen LogP contribution in [0.15, 0.2) is 120 Å². The van der Waals surface area contributed by atoms with Crippen LogP contribution in [0.1, 0.15) is 47.9 Å². The van der Waals surface area contributed by atoms with Crippen molar-refractivity contribution in [2.24, 2.45) is 0 Å². The Bertz CT molecular complexity index is 1270. The molecule has 4 aromatic carbocycles. The number of hydrogen-bond acceptors (Lipinski definition) is 2. The second kappa shape index (κ2) is 14.5. The van der Waals surface area contributed by atoms with Crippen molar-refractivity contribution in [2.45, 2.75) is 44.7 Å². The fraction of sp³-hybridized carbons (Fsp3) is 0.235. The van der Waals surface area contributed by atoms with Crippen LogP contribution in [-0.2, 0) is 22.6 Å². The van der Waals surface area contributed by atoms with Gasteiger partial charge in [-0.05, 0) is 40.8 Å². The molecule has 2 amide bonds. The van der Waals surface area contributed by atoms with Crippen LogP contribution >= 0.6 is 15.9 Å². The molecule has 4 aromatic rings. The number of carbonyl (C=O) groups excluding carboxylic acids is 2. The van der Waals surface area contributed by atoms with Gasteiger partial charge in [0.2, 0.25) is 11.8 Å². The van der Waals surface area contributed by atoms with Crippen LogP contribution in [0.5, 0.6) is 0 Å². The molecule has 0 aromatic heterocycles. The molecule has 0 spiro atoms. The topological polar surface area (TPSA) is 49.4 Å². The predicted molar refractivity (Wildman–Crippen MR) is 161 cm³/mol. The van der Waals surface area contributed by atoms with E-state index in [-0.39, 0.29) is 24.2 Å². The zero-order valence-electron chi connectivity index (χ0n) is 22.3. The van der Waals surface area contributed by atoms with Gasteiger partial charge in [0.05, 0.1) is 0 Å². The number of halogens is 1. The van der Waals surface area contributed by atoms with E-state index in [1.807, 2.05) is 97.9 Å². The van der Waals surface area contributed by atoms with Gasteiger partial charge in [-0.15, -0.1) is 0 Å². The summed E-state index contributed by atoms with van der Waals surface area (Å²) in [6.07, 6.45) is 1.53. The summed E-state index contributed by atoms with van der Waals surface area (Å²) in [5, 5.41) is 3.06. The van der Waals surface area contributed by atoms with E-state index in [0.29, 0.717) is 19.5 Å². The van der Waals surface area contributed by atoms with Crippen LogP contribution in [0.4, 0.5) is 0 Å². The molecule has 39 heavy (non-hydrogen) atoms. The van der Waals surface area contributed by atoms with Crippen LogP contribution < -0.4 is 5.32 Å². The Labute approximate surface area is 240 Å². The minimum Gasteiger partial charge on any atom is -0.354 e. The number of carbonyl (C=O) groups is 2. The van der Waals surface area contributed by atoms with Gasteiger partial charge in [0.15, 0.2) is 0 Å². The predicted octanol–water partition coefficient (Wildman–Crippen LogP) is 7.14. The van der Waals surface area contributed by atoms with Crippen molar-refractivity contribution in [2.75, 3.05) is 6.54 Å². The van der Waals surface area contributed by atoms with E-state index >= 15 is 0 Å². The average Bonchev–Trinajstić information content (AvgIpc) is 2.98. The van der Waals surface area contributed by atoms with Crippen molar-refractivity contribution in [3.63, 3.8) is 0 Å². The molecular weight excluding hydrogens is 548 g/mol. The third-order valence-electron chi connectivity index (χ3n) is 6.87. The summed E-state index contributed by atoms with van der Waals surface area (Å²) in [6, 6.07) is 37.5. The highest BCUT2D eigenvalue weighted by atomic mass is 79.9. The van der Waals surface area contributed by atoms with Crippen molar-refractivity contribution in [3.05, 3.63) is 142 Å². The second-order valence-electron chi connectivity index (χ2n) is 9.72. The van der Waals surface area contributed by atoms with Gasteiger partial charge in [-0.1, -0.05) is 126 Å². The van der Waals surface area contributed by atoms with Crippen LogP contribution in [0, 0.1) is 0 Å². The van der Waals surface area contributed by atoms with Crippen molar-refractivity contribution in [3.8, 4) is 0 Å². The molecule has 0 fully saturated rings. The summed E-state index contributed by atoms with van der Waals surface area (Å²) in [7, 11) is 0. The molecule has 1 unspecified atom stereocenters. The monoisotopic (exact) mass is 582 g/mol. The summed E-state index contributed by atoms with van der Waals surface area (Å²) >= 11 is 3.51. The Morgan fingerprint density at radius 1 is 0.744 bits per heavy atom. The van der Waals surface area contributed by atoms with Crippen LogP contribution in [0.2, 0.25) is 0 Å². The van der Waals surface area contributed by atoms with E-state index in [4.69, 9.17) is 0 Å². The maximum atomic E-state index is 14.3. The molecule has 0 saturated carbocycles. The molecule has 0 aliphatic heterocycles. The highest BCUT2D eigenvalue weighted by molar-refractivity contribution is 9.10. The fourth-order valence-corrected chi connectivity index (χ4v) is 5.06. The summed E-state index contributed by atoms with van der Waals surface area (Å²) < 4.78 is 0.971. The lowest BCUT2D eigenvalue weighted by Crippen LogP contribution is -2.50. The molecule has 0 heterocycles. The van der Waals surface area contributed by atoms with Gasteiger partial charge in [-0.3, -0.25) is 9.59 Å². The van der Waals surface area contributed by atoms with Gasteiger partial charge in [0.25, 0.3) is 0 Å². The molecule has 4 rings (SSSR count). The van der Waals surface area contributed by atoms with Gasteiger partial charge >= 0.3 is 0 Å². The number of rotatable bonds is 12. The quantitative estimate of drug-likeness (QED) is 0.193. The van der Waals surface area contributed by atoms with E-state index in [2.05, 4.69) is 45.5 Å². The number of nitrogens with one attached hydrogen (secondary N) is 1. The summed E-state index contributed by atoms with van der Waals surface area (Å²) in [4.78, 5) is 29.7. The van der Waals surface area contributed by atoms with Crippen LogP contribution in [0.3, 0.4) is 0 Å². The normalized spacial score (nSPS) is 11.7. The molecule has 0 radical (unpaired) electrons. The fourth-order valence-electron chi connectivity index (χ4n) is 4.80. The molecular formula is C34H35BrN2O2. The zero-order chi connectivity index (χ0) is 27.5. The summed E-state index contributed by atoms with van der Waals surface area (Å²) in [5.41, 5.74) is 4.15. The largest absolute Gasteiger partial charge is 0.354 e. The summed E-state index contributed by atoms with van der Waals surface area (Å²) in [6.45, 7) is 2.95. The molecule has 1 N–H and O–H groups in total. The van der Waals surface area contributed by atoms with Crippen molar-refractivity contribution in [1.82, 2.24) is 10.2 Å².